The molecule has 108 valence electrons. The van der Waals surface area contributed by atoms with Crippen LogP contribution in [0.2, 0.25) is 0 Å². The Morgan fingerprint density at radius 2 is 2.20 bits per heavy atom. The number of para-hydroxylation sites is 1. The smallest absolute Gasteiger partial charge is 0.134 e. The number of furan rings is 1. The van der Waals surface area contributed by atoms with Gasteiger partial charge in [0.25, 0.3) is 0 Å². The number of aryl methyl sites for hydroxylation is 1. The molecule has 1 saturated heterocycles. The molecular formula is C16H22N2O2. The Morgan fingerprint density at radius 1 is 1.40 bits per heavy atom. The lowest BCUT2D eigenvalue weighted by molar-refractivity contribution is -0.0209. The number of nitrogens with zero attached hydrogens (tertiary/aromatic N) is 1. The number of rotatable bonds is 3. The summed E-state index contributed by atoms with van der Waals surface area (Å²) >= 11 is 0. The molecule has 0 aliphatic carbocycles. The quantitative estimate of drug-likeness (QED) is 0.934. The molecule has 0 spiro atoms. The second-order valence-corrected chi connectivity index (χ2v) is 5.48. The van der Waals surface area contributed by atoms with Crippen LogP contribution < -0.4 is 5.73 Å². The van der Waals surface area contributed by atoms with Gasteiger partial charge in [0.2, 0.25) is 0 Å². The van der Waals surface area contributed by atoms with Crippen LogP contribution in [-0.4, -0.2) is 37.2 Å². The highest BCUT2D eigenvalue weighted by Crippen LogP contribution is 2.34. The van der Waals surface area contributed by atoms with Crippen LogP contribution in [0.25, 0.3) is 11.0 Å². The van der Waals surface area contributed by atoms with Gasteiger partial charge in [-0.2, -0.15) is 0 Å². The topological polar surface area (TPSA) is 51.6 Å². The third-order valence-corrected chi connectivity index (χ3v) is 4.20. The summed E-state index contributed by atoms with van der Waals surface area (Å²) in [6, 6.07) is 8.76. The summed E-state index contributed by atoms with van der Waals surface area (Å²) in [6.07, 6.45) is 0. The SMILES string of the molecule is Cc1oc2ccccc2c1C(CN)N1CCOCC1C. The Hall–Kier alpha value is -1.36. The Balaban J connectivity index is 2.04. The maximum atomic E-state index is 6.09. The lowest BCUT2D eigenvalue weighted by Crippen LogP contribution is -2.47. The molecule has 1 aromatic heterocycles. The molecule has 2 unspecified atom stereocenters. The van der Waals surface area contributed by atoms with Crippen molar-refractivity contribution in [3.8, 4) is 0 Å². The van der Waals surface area contributed by atoms with Gasteiger partial charge in [0.15, 0.2) is 0 Å². The van der Waals surface area contributed by atoms with E-state index < -0.39 is 0 Å². The van der Waals surface area contributed by atoms with Crippen LogP contribution in [0.4, 0.5) is 0 Å². The normalized spacial score (nSPS) is 22.2. The minimum absolute atomic E-state index is 0.192. The predicted octanol–water partition coefficient (Wildman–Crippen LogP) is 2.46. The van der Waals surface area contributed by atoms with E-state index in [1.54, 1.807) is 0 Å². The first-order valence-corrected chi connectivity index (χ1v) is 7.24. The molecule has 2 aromatic rings. The number of nitrogens with two attached hydrogens (primary N) is 1. The Labute approximate surface area is 119 Å². The van der Waals surface area contributed by atoms with Gasteiger partial charge in [0.05, 0.1) is 19.3 Å². The fourth-order valence-electron chi connectivity index (χ4n) is 3.22. The van der Waals surface area contributed by atoms with E-state index in [9.17, 15) is 0 Å². The summed E-state index contributed by atoms with van der Waals surface area (Å²) in [5, 5.41) is 1.18. The van der Waals surface area contributed by atoms with E-state index in [0.29, 0.717) is 12.6 Å². The molecular weight excluding hydrogens is 252 g/mol. The van der Waals surface area contributed by atoms with Gasteiger partial charge in [-0.3, -0.25) is 4.90 Å². The fourth-order valence-corrected chi connectivity index (χ4v) is 3.22. The molecule has 2 atom stereocenters. The van der Waals surface area contributed by atoms with E-state index >= 15 is 0 Å². The number of ether oxygens (including phenoxy) is 1. The standard InChI is InChI=1S/C16H22N2O2/c1-11-10-19-8-7-18(11)14(9-17)16-12(2)20-15-6-4-3-5-13(15)16/h3-6,11,14H,7-10,17H2,1-2H3. The van der Waals surface area contributed by atoms with Crippen molar-refractivity contribution in [2.45, 2.75) is 25.9 Å². The lowest BCUT2D eigenvalue weighted by atomic mass is 9.99. The zero-order chi connectivity index (χ0) is 14.1. The third kappa shape index (κ3) is 2.24. The first-order chi connectivity index (χ1) is 9.72. The first kappa shape index (κ1) is 13.6. The molecule has 2 heterocycles. The number of hydrogen-bond acceptors (Lipinski definition) is 4. The molecule has 0 amide bonds. The van der Waals surface area contributed by atoms with Gasteiger partial charge in [-0.1, -0.05) is 18.2 Å². The van der Waals surface area contributed by atoms with E-state index in [1.807, 2.05) is 19.1 Å². The molecule has 0 radical (unpaired) electrons. The molecule has 4 nitrogen and oxygen atoms in total. The average molecular weight is 274 g/mol. The van der Waals surface area contributed by atoms with Gasteiger partial charge in [0, 0.05) is 30.1 Å². The van der Waals surface area contributed by atoms with Crippen molar-refractivity contribution in [3.63, 3.8) is 0 Å². The molecule has 0 saturated carbocycles. The Morgan fingerprint density at radius 3 is 2.95 bits per heavy atom. The highest BCUT2D eigenvalue weighted by atomic mass is 16.5. The molecule has 1 aliphatic heterocycles. The minimum atomic E-state index is 0.192. The number of fused-ring (bicyclic) bond motifs is 1. The largest absolute Gasteiger partial charge is 0.461 e. The van der Waals surface area contributed by atoms with Crippen molar-refractivity contribution in [3.05, 3.63) is 35.6 Å². The number of hydrogen-bond donors (Lipinski definition) is 1. The van der Waals surface area contributed by atoms with Crippen LogP contribution in [-0.2, 0) is 4.74 Å². The summed E-state index contributed by atoms with van der Waals surface area (Å²) in [5.41, 5.74) is 8.27. The Kier molecular flexibility index (Phi) is 3.78. The second kappa shape index (κ2) is 5.56. The monoisotopic (exact) mass is 274 g/mol. The van der Waals surface area contributed by atoms with E-state index in [2.05, 4.69) is 24.0 Å². The average Bonchev–Trinajstić information content (AvgIpc) is 2.78. The molecule has 2 N–H and O–H groups in total. The van der Waals surface area contributed by atoms with Gasteiger partial charge in [-0.15, -0.1) is 0 Å². The number of morpholine rings is 1. The third-order valence-electron chi connectivity index (χ3n) is 4.20. The summed E-state index contributed by atoms with van der Waals surface area (Å²) in [4.78, 5) is 2.44. The van der Waals surface area contributed by atoms with Crippen molar-refractivity contribution < 1.29 is 9.15 Å². The zero-order valence-corrected chi connectivity index (χ0v) is 12.1. The fraction of sp³-hybridized carbons (Fsp3) is 0.500. The van der Waals surface area contributed by atoms with Crippen LogP contribution in [0.5, 0.6) is 0 Å². The van der Waals surface area contributed by atoms with E-state index in [0.717, 1.165) is 31.1 Å². The van der Waals surface area contributed by atoms with Gasteiger partial charge in [-0.05, 0) is 19.9 Å². The summed E-state index contributed by atoms with van der Waals surface area (Å²) < 4.78 is 11.4. The van der Waals surface area contributed by atoms with Crippen LogP contribution in [0.1, 0.15) is 24.3 Å². The van der Waals surface area contributed by atoms with Gasteiger partial charge in [-0.25, -0.2) is 0 Å². The maximum absolute atomic E-state index is 6.09. The van der Waals surface area contributed by atoms with E-state index in [1.165, 1.54) is 10.9 Å². The second-order valence-electron chi connectivity index (χ2n) is 5.48. The van der Waals surface area contributed by atoms with E-state index in [-0.39, 0.29) is 6.04 Å². The highest BCUT2D eigenvalue weighted by Gasteiger charge is 2.30. The van der Waals surface area contributed by atoms with Crippen molar-refractivity contribution in [1.82, 2.24) is 4.90 Å². The zero-order valence-electron chi connectivity index (χ0n) is 12.1. The van der Waals surface area contributed by atoms with E-state index in [4.69, 9.17) is 14.9 Å². The van der Waals surface area contributed by atoms with Crippen LogP contribution in [0.3, 0.4) is 0 Å². The molecule has 4 heteroatoms. The molecule has 0 bridgehead atoms. The molecule has 1 fully saturated rings. The van der Waals surface area contributed by atoms with Crippen molar-refractivity contribution in [2.24, 2.45) is 5.73 Å². The lowest BCUT2D eigenvalue weighted by Gasteiger charge is -2.39. The van der Waals surface area contributed by atoms with Gasteiger partial charge >= 0.3 is 0 Å². The molecule has 3 rings (SSSR count). The van der Waals surface area contributed by atoms with Crippen LogP contribution >= 0.6 is 0 Å². The van der Waals surface area contributed by atoms with Gasteiger partial charge < -0.3 is 14.9 Å². The summed E-state index contributed by atoms with van der Waals surface area (Å²) in [5.74, 6) is 0.973. The molecule has 20 heavy (non-hydrogen) atoms. The molecule has 1 aliphatic rings. The van der Waals surface area contributed by atoms with Crippen LogP contribution in [0.15, 0.2) is 28.7 Å². The van der Waals surface area contributed by atoms with Crippen LogP contribution in [0, 0.1) is 6.92 Å². The van der Waals surface area contributed by atoms with Gasteiger partial charge in [0.1, 0.15) is 11.3 Å². The van der Waals surface area contributed by atoms with Crippen molar-refractivity contribution in [1.29, 1.82) is 0 Å². The van der Waals surface area contributed by atoms with Crippen molar-refractivity contribution in [2.75, 3.05) is 26.3 Å². The maximum Gasteiger partial charge on any atom is 0.134 e. The number of benzene rings is 1. The first-order valence-electron chi connectivity index (χ1n) is 7.24. The highest BCUT2D eigenvalue weighted by molar-refractivity contribution is 5.82. The predicted molar refractivity (Wildman–Crippen MR) is 79.7 cm³/mol. The summed E-state index contributed by atoms with van der Waals surface area (Å²) in [6.45, 7) is 7.28. The minimum Gasteiger partial charge on any atom is -0.461 e. The Bertz CT molecular complexity index is 593. The van der Waals surface area contributed by atoms with Crippen molar-refractivity contribution >= 4 is 11.0 Å². The molecule has 1 aromatic carbocycles. The summed E-state index contributed by atoms with van der Waals surface area (Å²) in [7, 11) is 0.